The number of hydrogen-bond donors (Lipinski definition) is 1. The Morgan fingerprint density at radius 1 is 1.30 bits per heavy atom. The van der Waals surface area contributed by atoms with Gasteiger partial charge in [-0.25, -0.2) is 4.79 Å². The molecule has 1 aliphatic heterocycles. The standard InChI is InChI=1S/C17H23N3O2S/c1-2-11-23-12-16(21)19-9-7-13(8-10-19)20-15-6-4-3-5-14(15)18-17(20)22/h3-6,13H,2,7-12H2,1H3,(H,18,22). The highest BCUT2D eigenvalue weighted by Crippen LogP contribution is 2.25. The largest absolute Gasteiger partial charge is 0.342 e. The molecule has 0 bridgehead atoms. The molecule has 0 aliphatic carbocycles. The highest BCUT2D eigenvalue weighted by molar-refractivity contribution is 7.99. The van der Waals surface area contributed by atoms with E-state index in [0.29, 0.717) is 5.75 Å². The number of para-hydroxylation sites is 2. The molecule has 2 aromatic rings. The number of nitrogens with one attached hydrogen (secondary N) is 1. The van der Waals surface area contributed by atoms with Crippen molar-refractivity contribution in [2.24, 2.45) is 0 Å². The van der Waals surface area contributed by atoms with Crippen LogP contribution in [0.5, 0.6) is 0 Å². The van der Waals surface area contributed by atoms with Crippen LogP contribution in [0, 0.1) is 0 Å². The van der Waals surface area contributed by atoms with Crippen molar-refractivity contribution in [3.05, 3.63) is 34.7 Å². The maximum atomic E-state index is 12.3. The number of likely N-dealkylation sites (tertiary alicyclic amines) is 1. The number of fused-ring (bicyclic) bond motifs is 1. The van der Waals surface area contributed by atoms with E-state index in [-0.39, 0.29) is 17.6 Å². The fourth-order valence-electron chi connectivity index (χ4n) is 3.21. The fraction of sp³-hybridized carbons (Fsp3) is 0.529. The van der Waals surface area contributed by atoms with Crippen LogP contribution in [0.2, 0.25) is 0 Å². The van der Waals surface area contributed by atoms with Gasteiger partial charge in [-0.3, -0.25) is 9.36 Å². The van der Waals surface area contributed by atoms with E-state index in [2.05, 4.69) is 11.9 Å². The number of nitrogens with zero attached hydrogens (tertiary/aromatic N) is 2. The number of H-pyrrole nitrogens is 1. The van der Waals surface area contributed by atoms with Gasteiger partial charge in [-0.1, -0.05) is 19.1 Å². The molecule has 1 amide bonds. The van der Waals surface area contributed by atoms with E-state index < -0.39 is 0 Å². The lowest BCUT2D eigenvalue weighted by Gasteiger charge is -2.32. The monoisotopic (exact) mass is 333 g/mol. The molecule has 0 radical (unpaired) electrons. The first-order valence-electron chi connectivity index (χ1n) is 8.25. The summed E-state index contributed by atoms with van der Waals surface area (Å²) in [5.74, 6) is 1.84. The van der Waals surface area contributed by atoms with Crippen LogP contribution in [0.4, 0.5) is 0 Å². The molecule has 0 unspecified atom stereocenters. The Morgan fingerprint density at radius 3 is 2.78 bits per heavy atom. The normalized spacial score (nSPS) is 16.1. The Bertz CT molecular complexity index is 729. The smallest absolute Gasteiger partial charge is 0.326 e. The van der Waals surface area contributed by atoms with Gasteiger partial charge < -0.3 is 9.88 Å². The summed E-state index contributed by atoms with van der Waals surface area (Å²) in [5.41, 5.74) is 1.79. The molecule has 5 nitrogen and oxygen atoms in total. The van der Waals surface area contributed by atoms with Crippen molar-refractivity contribution in [2.75, 3.05) is 24.6 Å². The number of imidazole rings is 1. The van der Waals surface area contributed by atoms with Crippen molar-refractivity contribution in [3.63, 3.8) is 0 Å². The Kier molecular flexibility index (Phi) is 5.10. The summed E-state index contributed by atoms with van der Waals surface area (Å²) in [5, 5.41) is 0. The summed E-state index contributed by atoms with van der Waals surface area (Å²) < 4.78 is 1.86. The van der Waals surface area contributed by atoms with Crippen LogP contribution in [0.25, 0.3) is 11.0 Å². The van der Waals surface area contributed by atoms with Crippen molar-refractivity contribution in [3.8, 4) is 0 Å². The van der Waals surface area contributed by atoms with Crippen LogP contribution in [-0.4, -0.2) is 45.0 Å². The minimum Gasteiger partial charge on any atom is -0.342 e. The number of carbonyl (C=O) groups excluding carboxylic acids is 1. The summed E-state index contributed by atoms with van der Waals surface area (Å²) in [7, 11) is 0. The summed E-state index contributed by atoms with van der Waals surface area (Å²) >= 11 is 1.71. The summed E-state index contributed by atoms with van der Waals surface area (Å²) in [4.78, 5) is 29.3. The molecule has 2 heterocycles. The van der Waals surface area contributed by atoms with E-state index in [1.807, 2.05) is 33.7 Å². The molecule has 0 spiro atoms. The minimum atomic E-state index is -0.0468. The predicted molar refractivity (Wildman–Crippen MR) is 95.0 cm³/mol. The number of hydrogen-bond acceptors (Lipinski definition) is 3. The van der Waals surface area contributed by atoms with Gasteiger partial charge in [0.15, 0.2) is 0 Å². The number of aromatic amines is 1. The van der Waals surface area contributed by atoms with Crippen molar-refractivity contribution < 1.29 is 4.79 Å². The van der Waals surface area contributed by atoms with Crippen LogP contribution >= 0.6 is 11.8 Å². The predicted octanol–water partition coefficient (Wildman–Crippen LogP) is 2.64. The zero-order valence-electron chi connectivity index (χ0n) is 13.5. The van der Waals surface area contributed by atoms with Gasteiger partial charge in [0.1, 0.15) is 0 Å². The van der Waals surface area contributed by atoms with Crippen LogP contribution < -0.4 is 5.69 Å². The number of benzene rings is 1. The van der Waals surface area contributed by atoms with Crippen LogP contribution in [-0.2, 0) is 4.79 Å². The maximum absolute atomic E-state index is 12.3. The quantitative estimate of drug-likeness (QED) is 0.856. The molecular weight excluding hydrogens is 310 g/mol. The molecule has 1 aromatic heterocycles. The molecule has 3 rings (SSSR count). The van der Waals surface area contributed by atoms with Gasteiger partial charge in [-0.15, -0.1) is 0 Å². The van der Waals surface area contributed by atoms with Gasteiger partial charge in [0, 0.05) is 19.1 Å². The topological polar surface area (TPSA) is 58.1 Å². The van der Waals surface area contributed by atoms with E-state index in [1.165, 1.54) is 0 Å². The van der Waals surface area contributed by atoms with Crippen molar-refractivity contribution in [1.29, 1.82) is 0 Å². The molecule has 6 heteroatoms. The number of amides is 1. The Labute approximate surface area is 140 Å². The summed E-state index contributed by atoms with van der Waals surface area (Å²) in [6, 6.07) is 7.96. The summed E-state index contributed by atoms with van der Waals surface area (Å²) in [6.07, 6.45) is 2.78. The highest BCUT2D eigenvalue weighted by atomic mass is 32.2. The third-order valence-corrected chi connectivity index (χ3v) is 5.53. The third kappa shape index (κ3) is 3.47. The number of rotatable bonds is 5. The molecular formula is C17H23N3O2S. The third-order valence-electron chi connectivity index (χ3n) is 4.38. The highest BCUT2D eigenvalue weighted by Gasteiger charge is 2.25. The SMILES string of the molecule is CCCSCC(=O)N1CCC(n2c(=O)[nH]c3ccccc32)CC1. The zero-order chi connectivity index (χ0) is 16.2. The molecule has 1 saturated heterocycles. The Morgan fingerprint density at radius 2 is 2.04 bits per heavy atom. The van der Waals surface area contributed by atoms with E-state index in [0.717, 1.165) is 49.1 Å². The minimum absolute atomic E-state index is 0.0468. The van der Waals surface area contributed by atoms with Crippen LogP contribution in [0.1, 0.15) is 32.2 Å². The number of aromatic nitrogens is 2. The lowest BCUT2D eigenvalue weighted by Crippen LogP contribution is -2.41. The number of thioether (sulfide) groups is 1. The van der Waals surface area contributed by atoms with Gasteiger partial charge >= 0.3 is 5.69 Å². The molecule has 0 atom stereocenters. The lowest BCUT2D eigenvalue weighted by molar-refractivity contribution is -0.129. The van der Waals surface area contributed by atoms with Crippen LogP contribution in [0.15, 0.2) is 29.1 Å². The van der Waals surface area contributed by atoms with Crippen molar-refractivity contribution in [2.45, 2.75) is 32.2 Å². The van der Waals surface area contributed by atoms with Gasteiger partial charge in [0.05, 0.1) is 16.8 Å². The maximum Gasteiger partial charge on any atom is 0.326 e. The second-order valence-electron chi connectivity index (χ2n) is 5.98. The number of carbonyl (C=O) groups is 1. The first-order chi connectivity index (χ1) is 11.2. The molecule has 124 valence electrons. The molecule has 0 saturated carbocycles. The van der Waals surface area contributed by atoms with E-state index >= 15 is 0 Å². The molecule has 23 heavy (non-hydrogen) atoms. The first-order valence-corrected chi connectivity index (χ1v) is 9.41. The van der Waals surface area contributed by atoms with Gasteiger partial charge in [-0.2, -0.15) is 11.8 Å². The average Bonchev–Trinajstić information content (AvgIpc) is 2.91. The average molecular weight is 333 g/mol. The lowest BCUT2D eigenvalue weighted by atomic mass is 10.0. The molecule has 1 aliphatic rings. The second kappa shape index (κ2) is 7.25. The summed E-state index contributed by atoms with van der Waals surface area (Å²) in [6.45, 7) is 3.60. The second-order valence-corrected chi connectivity index (χ2v) is 7.09. The van der Waals surface area contributed by atoms with Crippen LogP contribution in [0.3, 0.4) is 0 Å². The molecule has 1 fully saturated rings. The van der Waals surface area contributed by atoms with E-state index in [1.54, 1.807) is 11.8 Å². The molecule has 1 N–H and O–H groups in total. The van der Waals surface area contributed by atoms with Gasteiger partial charge in [0.2, 0.25) is 5.91 Å². The van der Waals surface area contributed by atoms with Gasteiger partial charge in [0.25, 0.3) is 0 Å². The zero-order valence-corrected chi connectivity index (χ0v) is 14.3. The van der Waals surface area contributed by atoms with Gasteiger partial charge in [-0.05, 0) is 37.1 Å². The Hall–Kier alpha value is -1.69. The van der Waals surface area contributed by atoms with Crippen molar-refractivity contribution >= 4 is 28.7 Å². The van der Waals surface area contributed by atoms with E-state index in [4.69, 9.17) is 0 Å². The fourth-order valence-corrected chi connectivity index (χ4v) is 4.00. The van der Waals surface area contributed by atoms with Crippen molar-refractivity contribution in [1.82, 2.24) is 14.5 Å². The molecule has 1 aromatic carbocycles. The first kappa shape index (κ1) is 16.2. The number of piperidine rings is 1. The van der Waals surface area contributed by atoms with E-state index in [9.17, 15) is 9.59 Å². The Balaban J connectivity index is 1.65.